The molecule has 0 bridgehead atoms. The molecule has 0 atom stereocenters. The van der Waals surface area contributed by atoms with Crippen LogP contribution in [0.1, 0.15) is 23.6 Å². The fourth-order valence-corrected chi connectivity index (χ4v) is 3.18. The maximum atomic E-state index is 12.5. The number of benzene rings is 3. The smallest absolute Gasteiger partial charge is 0.266 e. The highest BCUT2D eigenvalue weighted by Gasteiger charge is 2.12. The Hall–Kier alpha value is -3.55. The normalized spacial score (nSPS) is 10.9. The van der Waals surface area contributed by atoms with E-state index < -0.39 is 5.91 Å². The molecule has 0 saturated carbocycles. The largest absolute Gasteiger partial charge is 0.494 e. The van der Waals surface area contributed by atoms with E-state index in [-0.39, 0.29) is 5.57 Å². The lowest BCUT2D eigenvalue weighted by molar-refractivity contribution is -0.112. The Kier molecular flexibility index (Phi) is 7.26. The van der Waals surface area contributed by atoms with Gasteiger partial charge >= 0.3 is 0 Å². The maximum absolute atomic E-state index is 12.5. The van der Waals surface area contributed by atoms with Crippen molar-refractivity contribution in [2.45, 2.75) is 13.3 Å². The number of nitrogens with one attached hydrogen (secondary N) is 1. The maximum Gasteiger partial charge on any atom is 0.266 e. The first-order chi connectivity index (χ1) is 14.6. The summed E-state index contributed by atoms with van der Waals surface area (Å²) in [6.45, 7) is 2.41. The van der Waals surface area contributed by atoms with Crippen molar-refractivity contribution < 1.29 is 9.53 Å². The van der Waals surface area contributed by atoms with Crippen LogP contribution in [0.25, 0.3) is 6.08 Å². The minimum Gasteiger partial charge on any atom is -0.494 e. The zero-order valence-electron chi connectivity index (χ0n) is 16.6. The van der Waals surface area contributed by atoms with Crippen LogP contribution in [0.15, 0.2) is 78.4 Å². The number of nitriles is 1. The monoisotopic (exact) mass is 416 g/mol. The quantitative estimate of drug-likeness (QED) is 0.386. The second kappa shape index (κ2) is 10.3. The molecule has 0 heterocycles. The molecular formula is C25H21ClN2O2. The first-order valence-electron chi connectivity index (χ1n) is 9.58. The highest BCUT2D eigenvalue weighted by atomic mass is 35.5. The number of carbonyl (C=O) groups excluding carboxylic acids is 1. The average molecular weight is 417 g/mol. The van der Waals surface area contributed by atoms with E-state index in [2.05, 4.69) is 5.32 Å². The first kappa shape index (κ1) is 21.2. The zero-order valence-corrected chi connectivity index (χ0v) is 17.3. The van der Waals surface area contributed by atoms with Crippen LogP contribution < -0.4 is 10.1 Å². The van der Waals surface area contributed by atoms with Crippen molar-refractivity contribution in [2.75, 3.05) is 11.9 Å². The summed E-state index contributed by atoms with van der Waals surface area (Å²) in [5, 5.41) is 12.9. The Morgan fingerprint density at radius 1 is 1.07 bits per heavy atom. The van der Waals surface area contributed by atoms with Crippen molar-refractivity contribution in [3.63, 3.8) is 0 Å². The predicted octanol–water partition coefficient (Wildman–Crippen LogP) is 5.88. The molecular weight excluding hydrogens is 396 g/mol. The molecule has 30 heavy (non-hydrogen) atoms. The Balaban J connectivity index is 1.86. The molecule has 4 nitrogen and oxygen atoms in total. The van der Waals surface area contributed by atoms with Gasteiger partial charge < -0.3 is 10.1 Å². The molecule has 1 amide bonds. The van der Waals surface area contributed by atoms with Crippen molar-refractivity contribution in [1.29, 1.82) is 5.26 Å². The molecule has 1 N–H and O–H groups in total. The van der Waals surface area contributed by atoms with E-state index >= 15 is 0 Å². The van der Waals surface area contributed by atoms with E-state index in [4.69, 9.17) is 16.3 Å². The summed E-state index contributed by atoms with van der Waals surface area (Å²) < 4.78 is 5.81. The van der Waals surface area contributed by atoms with Crippen molar-refractivity contribution in [3.8, 4) is 11.8 Å². The molecule has 3 rings (SSSR count). The number of amides is 1. The number of rotatable bonds is 7. The summed E-state index contributed by atoms with van der Waals surface area (Å²) in [6.07, 6.45) is 2.18. The highest BCUT2D eigenvalue weighted by Crippen LogP contribution is 2.27. The summed E-state index contributed by atoms with van der Waals surface area (Å²) in [5.41, 5.74) is 3.34. The van der Waals surface area contributed by atoms with Crippen molar-refractivity contribution in [3.05, 3.63) is 100 Å². The third-order valence-corrected chi connectivity index (χ3v) is 4.81. The summed E-state index contributed by atoms with van der Waals surface area (Å²) >= 11 is 6.29. The molecule has 0 fully saturated rings. The van der Waals surface area contributed by atoms with Crippen LogP contribution in [-0.2, 0) is 11.2 Å². The van der Waals surface area contributed by atoms with E-state index in [0.29, 0.717) is 35.1 Å². The highest BCUT2D eigenvalue weighted by molar-refractivity contribution is 6.31. The SMILES string of the molecule is CCOc1cc(/C=C(\C#N)C(=O)Nc2ccccc2)ccc1Cc1ccccc1Cl. The third-order valence-electron chi connectivity index (χ3n) is 4.44. The number of nitrogens with zero attached hydrogens (tertiary/aromatic N) is 1. The van der Waals surface area contributed by atoms with Crippen LogP contribution in [0.3, 0.4) is 0 Å². The van der Waals surface area contributed by atoms with Crippen LogP contribution in [0.5, 0.6) is 5.75 Å². The topological polar surface area (TPSA) is 62.1 Å². The second-order valence-corrected chi connectivity index (χ2v) is 6.97. The molecule has 0 aliphatic rings. The van der Waals surface area contributed by atoms with Gasteiger partial charge in [-0.25, -0.2) is 0 Å². The molecule has 0 aliphatic heterocycles. The molecule has 0 unspecified atom stereocenters. The van der Waals surface area contributed by atoms with Crippen LogP contribution in [0.2, 0.25) is 5.02 Å². The Morgan fingerprint density at radius 3 is 2.50 bits per heavy atom. The number of halogens is 1. The van der Waals surface area contributed by atoms with Crippen LogP contribution in [0.4, 0.5) is 5.69 Å². The molecule has 0 spiro atoms. The van der Waals surface area contributed by atoms with Gasteiger partial charge in [-0.2, -0.15) is 5.26 Å². The first-order valence-corrected chi connectivity index (χ1v) is 9.96. The lowest BCUT2D eigenvalue weighted by Gasteiger charge is -2.12. The van der Waals surface area contributed by atoms with E-state index in [1.807, 2.05) is 73.7 Å². The van der Waals surface area contributed by atoms with Gasteiger partial charge in [-0.15, -0.1) is 0 Å². The molecule has 5 heteroatoms. The van der Waals surface area contributed by atoms with Crippen LogP contribution in [-0.4, -0.2) is 12.5 Å². The number of hydrogen-bond donors (Lipinski definition) is 1. The van der Waals surface area contributed by atoms with E-state index in [0.717, 1.165) is 11.1 Å². The minimum absolute atomic E-state index is 0.0140. The van der Waals surface area contributed by atoms with Gasteiger partial charge in [0.2, 0.25) is 0 Å². The van der Waals surface area contributed by atoms with Gasteiger partial charge in [-0.1, -0.05) is 60.1 Å². The molecule has 150 valence electrons. The molecule has 3 aromatic rings. The molecule has 3 aromatic carbocycles. The van der Waals surface area contributed by atoms with Gasteiger partial charge in [0, 0.05) is 17.1 Å². The Labute approximate surface area is 181 Å². The second-order valence-electron chi connectivity index (χ2n) is 6.56. The fraction of sp³-hybridized carbons (Fsp3) is 0.120. The van der Waals surface area contributed by atoms with Crippen molar-refractivity contribution >= 4 is 29.3 Å². The molecule has 0 radical (unpaired) electrons. The zero-order chi connectivity index (χ0) is 21.3. The summed E-state index contributed by atoms with van der Waals surface area (Å²) in [5.74, 6) is 0.244. The predicted molar refractivity (Wildman–Crippen MR) is 121 cm³/mol. The summed E-state index contributed by atoms with van der Waals surface area (Å²) in [7, 11) is 0. The van der Waals surface area contributed by atoms with E-state index in [1.54, 1.807) is 18.2 Å². The van der Waals surface area contributed by atoms with Crippen molar-refractivity contribution in [1.82, 2.24) is 0 Å². The molecule has 0 aliphatic carbocycles. The summed E-state index contributed by atoms with van der Waals surface area (Å²) in [6, 6.07) is 24.3. The van der Waals surface area contributed by atoms with Gasteiger partial charge in [-0.3, -0.25) is 4.79 Å². The number of hydrogen-bond acceptors (Lipinski definition) is 3. The molecule has 0 aromatic heterocycles. The van der Waals surface area contributed by atoms with Gasteiger partial charge in [-0.05, 0) is 54.0 Å². The van der Waals surface area contributed by atoms with Gasteiger partial charge in [0.15, 0.2) is 0 Å². The van der Waals surface area contributed by atoms with Gasteiger partial charge in [0.1, 0.15) is 17.4 Å². The van der Waals surface area contributed by atoms with E-state index in [1.165, 1.54) is 0 Å². The van der Waals surface area contributed by atoms with E-state index in [9.17, 15) is 10.1 Å². The summed E-state index contributed by atoms with van der Waals surface area (Å²) in [4.78, 5) is 12.5. The average Bonchev–Trinajstić information content (AvgIpc) is 2.76. The number of para-hydroxylation sites is 1. The fourth-order valence-electron chi connectivity index (χ4n) is 2.98. The van der Waals surface area contributed by atoms with Crippen LogP contribution in [0, 0.1) is 11.3 Å². The third kappa shape index (κ3) is 5.50. The van der Waals surface area contributed by atoms with Crippen LogP contribution >= 0.6 is 11.6 Å². The number of carbonyl (C=O) groups is 1. The Bertz CT molecular complexity index is 1100. The minimum atomic E-state index is -0.457. The van der Waals surface area contributed by atoms with Crippen molar-refractivity contribution in [2.24, 2.45) is 0 Å². The lowest BCUT2D eigenvalue weighted by Crippen LogP contribution is -2.13. The van der Waals surface area contributed by atoms with Gasteiger partial charge in [0.05, 0.1) is 6.61 Å². The number of anilines is 1. The standard InChI is InChI=1S/C25H21ClN2O2/c1-2-30-24-15-18(12-13-20(24)16-19-8-6-7-11-23(19)26)14-21(17-27)25(29)28-22-9-4-3-5-10-22/h3-15H,2,16H2,1H3,(H,28,29)/b21-14+. The lowest BCUT2D eigenvalue weighted by atomic mass is 10.0. The Morgan fingerprint density at radius 2 is 1.80 bits per heavy atom. The molecule has 0 saturated heterocycles. The number of ether oxygens (including phenoxy) is 1. The van der Waals surface area contributed by atoms with Gasteiger partial charge in [0.25, 0.3) is 5.91 Å².